The normalized spacial score (nSPS) is 12.2. The van der Waals surface area contributed by atoms with Gasteiger partial charge < -0.3 is 20.2 Å². The van der Waals surface area contributed by atoms with E-state index in [0.29, 0.717) is 28.1 Å². The van der Waals surface area contributed by atoms with Gasteiger partial charge in [-0.25, -0.2) is 4.79 Å². The van der Waals surface area contributed by atoms with Gasteiger partial charge in [-0.2, -0.15) is 8.78 Å². The maximum atomic E-state index is 12.2. The Bertz CT molecular complexity index is 591. The molecule has 0 bridgehead atoms. The second-order valence-corrected chi connectivity index (χ2v) is 5.33. The maximum absolute atomic E-state index is 12.2. The zero-order valence-electron chi connectivity index (χ0n) is 11.3. The third-order valence-electron chi connectivity index (χ3n) is 2.66. The first-order valence-corrected chi connectivity index (χ1v) is 7.24. The lowest BCUT2D eigenvalue weighted by Crippen LogP contribution is -2.32. The molecule has 118 valence electrons. The molecule has 2 rings (SSSR count). The van der Waals surface area contributed by atoms with Gasteiger partial charge in [-0.3, -0.25) is 0 Å². The van der Waals surface area contributed by atoms with E-state index in [9.17, 15) is 18.7 Å². The molecule has 8 heteroatoms. The third kappa shape index (κ3) is 5.05. The molecule has 0 saturated heterocycles. The number of aliphatic hydroxyl groups excluding tert-OH is 1. The van der Waals surface area contributed by atoms with Gasteiger partial charge in [0.15, 0.2) is 0 Å². The van der Waals surface area contributed by atoms with Crippen LogP contribution in [0.15, 0.2) is 52.0 Å². The van der Waals surface area contributed by atoms with Crippen LogP contribution in [-0.2, 0) is 0 Å². The lowest BCUT2D eigenvalue weighted by Gasteiger charge is -2.11. The van der Waals surface area contributed by atoms with E-state index in [2.05, 4.69) is 10.6 Å². The predicted molar refractivity (Wildman–Crippen MR) is 79.0 cm³/mol. The first kappa shape index (κ1) is 16.3. The van der Waals surface area contributed by atoms with E-state index >= 15 is 0 Å². The fraction of sp³-hybridized carbons (Fsp3) is 0.214. The molecule has 1 aromatic carbocycles. The number of amides is 2. The Hall–Kier alpha value is -2.06. The summed E-state index contributed by atoms with van der Waals surface area (Å²) in [5, 5.41) is 14.7. The van der Waals surface area contributed by atoms with E-state index in [1.165, 1.54) is 30.5 Å². The number of alkyl halides is 2. The maximum Gasteiger partial charge on any atom is 0.319 e. The smallest absolute Gasteiger partial charge is 0.319 e. The van der Waals surface area contributed by atoms with Crippen LogP contribution in [0, 0.1) is 0 Å². The van der Waals surface area contributed by atoms with Crippen LogP contribution in [0.3, 0.4) is 0 Å². The number of aliphatic hydroxyl groups is 1. The van der Waals surface area contributed by atoms with Crippen molar-refractivity contribution in [3.05, 3.63) is 48.4 Å². The van der Waals surface area contributed by atoms with Gasteiger partial charge in [0.25, 0.3) is 5.76 Å². The van der Waals surface area contributed by atoms with Crippen molar-refractivity contribution < 1.29 is 23.1 Å². The molecule has 2 amide bonds. The number of anilines is 1. The van der Waals surface area contributed by atoms with Crippen LogP contribution in [0.4, 0.5) is 19.3 Å². The standard InChI is InChI=1S/C14H14F2N2O3S/c15-13(16)22-10-5-3-9(4-6-10)18-14(20)17-8-11(19)12-2-1-7-21-12/h1-7,11,13,19H,8H2,(H2,17,18,20). The highest BCUT2D eigenvalue weighted by Crippen LogP contribution is 2.26. The molecule has 0 radical (unpaired) electrons. The fourth-order valence-electron chi connectivity index (χ4n) is 1.67. The molecule has 1 unspecified atom stereocenters. The van der Waals surface area contributed by atoms with Gasteiger partial charge in [0.1, 0.15) is 11.9 Å². The Morgan fingerprint density at radius 3 is 2.59 bits per heavy atom. The minimum atomic E-state index is -2.48. The molecule has 0 aliphatic rings. The van der Waals surface area contributed by atoms with E-state index in [1.807, 2.05) is 0 Å². The van der Waals surface area contributed by atoms with E-state index < -0.39 is 17.9 Å². The van der Waals surface area contributed by atoms with E-state index in [1.54, 1.807) is 12.1 Å². The lowest BCUT2D eigenvalue weighted by molar-refractivity contribution is 0.149. The van der Waals surface area contributed by atoms with Gasteiger partial charge >= 0.3 is 6.03 Å². The monoisotopic (exact) mass is 328 g/mol. The zero-order chi connectivity index (χ0) is 15.9. The van der Waals surface area contributed by atoms with Crippen LogP contribution in [-0.4, -0.2) is 23.4 Å². The largest absolute Gasteiger partial charge is 0.467 e. The van der Waals surface area contributed by atoms with Gasteiger partial charge in [0.2, 0.25) is 0 Å². The van der Waals surface area contributed by atoms with E-state index in [0.717, 1.165) is 0 Å². The zero-order valence-corrected chi connectivity index (χ0v) is 12.1. The molecule has 0 aliphatic carbocycles. The summed E-state index contributed by atoms with van der Waals surface area (Å²) < 4.78 is 29.4. The summed E-state index contributed by atoms with van der Waals surface area (Å²) in [6, 6.07) is 8.75. The summed E-state index contributed by atoms with van der Waals surface area (Å²) in [4.78, 5) is 12.1. The molecular weight excluding hydrogens is 314 g/mol. The molecule has 0 aliphatic heterocycles. The summed E-state index contributed by atoms with van der Waals surface area (Å²) in [6.07, 6.45) is 0.489. The summed E-state index contributed by atoms with van der Waals surface area (Å²) in [7, 11) is 0. The van der Waals surface area contributed by atoms with Crippen molar-refractivity contribution in [2.75, 3.05) is 11.9 Å². The Kier molecular flexibility index (Phi) is 5.79. The Morgan fingerprint density at radius 1 is 1.27 bits per heavy atom. The molecule has 1 aromatic heterocycles. The summed E-state index contributed by atoms with van der Waals surface area (Å²) >= 11 is 0.434. The highest BCUT2D eigenvalue weighted by molar-refractivity contribution is 7.99. The molecule has 1 heterocycles. The molecular formula is C14H14F2N2O3S. The summed E-state index contributed by atoms with van der Waals surface area (Å²) in [5.41, 5.74) is 0.462. The lowest BCUT2D eigenvalue weighted by atomic mass is 10.3. The van der Waals surface area contributed by atoms with Crippen molar-refractivity contribution >= 4 is 23.5 Å². The highest BCUT2D eigenvalue weighted by Gasteiger charge is 2.12. The number of carbonyl (C=O) groups excluding carboxylic acids is 1. The Balaban J connectivity index is 1.79. The van der Waals surface area contributed by atoms with Gasteiger partial charge in [-0.1, -0.05) is 11.8 Å². The summed E-state index contributed by atoms with van der Waals surface area (Å²) in [5.74, 6) is -2.13. The highest BCUT2D eigenvalue weighted by atomic mass is 32.2. The van der Waals surface area contributed by atoms with Crippen LogP contribution in [0.1, 0.15) is 11.9 Å². The molecule has 1 atom stereocenters. The molecule has 0 fully saturated rings. The van der Waals surface area contributed by atoms with Crippen LogP contribution in [0.2, 0.25) is 0 Å². The number of furan rings is 1. The number of rotatable bonds is 6. The van der Waals surface area contributed by atoms with Crippen LogP contribution in [0.25, 0.3) is 0 Å². The number of carbonyl (C=O) groups is 1. The van der Waals surface area contributed by atoms with Crippen LogP contribution < -0.4 is 10.6 Å². The van der Waals surface area contributed by atoms with Gasteiger partial charge in [-0.15, -0.1) is 0 Å². The average molecular weight is 328 g/mol. The molecule has 3 N–H and O–H groups in total. The minimum Gasteiger partial charge on any atom is -0.467 e. The van der Waals surface area contributed by atoms with Gasteiger partial charge in [0.05, 0.1) is 12.8 Å². The summed E-state index contributed by atoms with van der Waals surface area (Å²) in [6.45, 7) is -0.0152. The van der Waals surface area contributed by atoms with Crippen molar-refractivity contribution in [3.8, 4) is 0 Å². The molecule has 22 heavy (non-hydrogen) atoms. The second-order valence-electron chi connectivity index (χ2n) is 4.27. The number of thioether (sulfide) groups is 1. The van der Waals surface area contributed by atoms with Crippen molar-refractivity contribution in [3.63, 3.8) is 0 Å². The quantitative estimate of drug-likeness (QED) is 0.710. The van der Waals surface area contributed by atoms with Gasteiger partial charge in [0, 0.05) is 10.6 Å². The van der Waals surface area contributed by atoms with Crippen molar-refractivity contribution in [1.82, 2.24) is 5.32 Å². The molecule has 2 aromatic rings. The topological polar surface area (TPSA) is 74.5 Å². The molecule has 5 nitrogen and oxygen atoms in total. The fourth-order valence-corrected chi connectivity index (χ4v) is 2.16. The van der Waals surface area contributed by atoms with E-state index in [4.69, 9.17) is 4.42 Å². The molecule has 0 spiro atoms. The molecule has 0 saturated carbocycles. The predicted octanol–water partition coefficient (Wildman–Crippen LogP) is 3.45. The van der Waals surface area contributed by atoms with Crippen molar-refractivity contribution in [2.24, 2.45) is 0 Å². The number of urea groups is 1. The van der Waals surface area contributed by atoms with Crippen molar-refractivity contribution in [2.45, 2.75) is 16.8 Å². The van der Waals surface area contributed by atoms with Crippen molar-refractivity contribution in [1.29, 1.82) is 0 Å². The Morgan fingerprint density at radius 2 is 2.00 bits per heavy atom. The van der Waals surface area contributed by atoms with Gasteiger partial charge in [-0.05, 0) is 36.4 Å². The first-order valence-electron chi connectivity index (χ1n) is 6.36. The number of benzene rings is 1. The third-order valence-corrected chi connectivity index (χ3v) is 3.39. The SMILES string of the molecule is O=C(NCC(O)c1ccco1)Nc1ccc(SC(F)F)cc1. The average Bonchev–Trinajstić information content (AvgIpc) is 3.00. The first-order chi connectivity index (χ1) is 10.5. The van der Waals surface area contributed by atoms with E-state index in [-0.39, 0.29) is 6.54 Å². The second kappa shape index (κ2) is 7.81. The van der Waals surface area contributed by atoms with Crippen LogP contribution in [0.5, 0.6) is 0 Å². The number of hydrogen-bond acceptors (Lipinski definition) is 4. The van der Waals surface area contributed by atoms with Crippen LogP contribution >= 0.6 is 11.8 Å². The minimum absolute atomic E-state index is 0.0152. The number of nitrogens with one attached hydrogen (secondary N) is 2. The Labute approximate surface area is 129 Å². The number of halogens is 2. The number of hydrogen-bond donors (Lipinski definition) is 3.